The highest BCUT2D eigenvalue weighted by atomic mass is 16.4. The van der Waals surface area contributed by atoms with E-state index in [-0.39, 0.29) is 0 Å². The standard InChI is InChI=1S/C13H19N3O2/c1-3-10-7-11(16-9(2)15-10)14-8-13(12(17)18)5-4-6-13/h7H,3-6,8H2,1-2H3,(H,17,18)(H,14,15,16). The van der Waals surface area contributed by atoms with Crippen molar-refractivity contribution in [3.05, 3.63) is 17.6 Å². The van der Waals surface area contributed by atoms with Crippen molar-refractivity contribution in [1.29, 1.82) is 0 Å². The van der Waals surface area contributed by atoms with Crippen molar-refractivity contribution in [3.8, 4) is 0 Å². The van der Waals surface area contributed by atoms with E-state index in [1.165, 1.54) is 0 Å². The molecule has 1 saturated carbocycles. The van der Waals surface area contributed by atoms with Gasteiger partial charge in [-0.1, -0.05) is 13.3 Å². The maximum Gasteiger partial charge on any atom is 0.311 e. The van der Waals surface area contributed by atoms with Crippen LogP contribution in [0.1, 0.15) is 37.7 Å². The molecule has 2 rings (SSSR count). The van der Waals surface area contributed by atoms with E-state index in [0.29, 0.717) is 6.54 Å². The largest absolute Gasteiger partial charge is 0.481 e. The molecule has 0 spiro atoms. The van der Waals surface area contributed by atoms with Crippen molar-refractivity contribution < 1.29 is 9.90 Å². The van der Waals surface area contributed by atoms with Crippen molar-refractivity contribution in [3.63, 3.8) is 0 Å². The highest BCUT2D eigenvalue weighted by Gasteiger charge is 2.44. The maximum atomic E-state index is 11.2. The zero-order valence-corrected chi connectivity index (χ0v) is 10.9. The summed E-state index contributed by atoms with van der Waals surface area (Å²) in [5.74, 6) is 0.740. The number of aromatic nitrogens is 2. The van der Waals surface area contributed by atoms with E-state index in [9.17, 15) is 9.90 Å². The lowest BCUT2D eigenvalue weighted by molar-refractivity contribution is -0.153. The van der Waals surface area contributed by atoms with Gasteiger partial charge in [-0.3, -0.25) is 4.79 Å². The lowest BCUT2D eigenvalue weighted by atomic mass is 9.69. The number of aliphatic carboxylic acids is 1. The molecule has 0 radical (unpaired) electrons. The van der Waals surface area contributed by atoms with E-state index in [0.717, 1.165) is 43.0 Å². The van der Waals surface area contributed by atoms with Gasteiger partial charge in [0.1, 0.15) is 11.6 Å². The molecule has 5 nitrogen and oxygen atoms in total. The van der Waals surface area contributed by atoms with Gasteiger partial charge in [-0.25, -0.2) is 9.97 Å². The molecule has 1 aromatic rings. The first-order valence-corrected chi connectivity index (χ1v) is 6.37. The molecule has 0 amide bonds. The lowest BCUT2D eigenvalue weighted by Crippen LogP contribution is -2.43. The number of carboxylic acids is 1. The molecule has 0 unspecified atom stereocenters. The van der Waals surface area contributed by atoms with Crippen LogP contribution in [0.15, 0.2) is 6.07 Å². The molecule has 1 aliphatic carbocycles. The summed E-state index contributed by atoms with van der Waals surface area (Å²) in [4.78, 5) is 19.8. The third-order valence-corrected chi connectivity index (χ3v) is 3.63. The van der Waals surface area contributed by atoms with Crippen LogP contribution in [0.2, 0.25) is 0 Å². The van der Waals surface area contributed by atoms with Gasteiger partial charge in [0.05, 0.1) is 5.41 Å². The zero-order chi connectivity index (χ0) is 13.2. The summed E-state index contributed by atoms with van der Waals surface area (Å²) in [6.07, 6.45) is 3.35. The van der Waals surface area contributed by atoms with Crippen LogP contribution in [0.25, 0.3) is 0 Å². The van der Waals surface area contributed by atoms with Gasteiger partial charge in [-0.05, 0) is 26.2 Å². The molecule has 18 heavy (non-hydrogen) atoms. The number of aryl methyl sites for hydroxylation is 2. The molecule has 1 aromatic heterocycles. The van der Waals surface area contributed by atoms with Crippen LogP contribution in [0.4, 0.5) is 5.82 Å². The molecule has 0 atom stereocenters. The number of carboxylic acid groups (broad SMARTS) is 1. The average molecular weight is 249 g/mol. The molecular weight excluding hydrogens is 230 g/mol. The number of nitrogens with one attached hydrogen (secondary N) is 1. The molecule has 0 bridgehead atoms. The number of hydrogen-bond donors (Lipinski definition) is 2. The second-order valence-corrected chi connectivity index (χ2v) is 4.94. The highest BCUT2D eigenvalue weighted by molar-refractivity contribution is 5.76. The normalized spacial score (nSPS) is 17.0. The van der Waals surface area contributed by atoms with Crippen LogP contribution in [0.3, 0.4) is 0 Å². The predicted molar refractivity (Wildman–Crippen MR) is 68.6 cm³/mol. The summed E-state index contributed by atoms with van der Waals surface area (Å²) in [6, 6.07) is 1.89. The summed E-state index contributed by atoms with van der Waals surface area (Å²) in [7, 11) is 0. The van der Waals surface area contributed by atoms with Gasteiger partial charge in [0, 0.05) is 18.3 Å². The Kier molecular flexibility index (Phi) is 3.50. The molecule has 1 heterocycles. The Morgan fingerprint density at radius 1 is 1.50 bits per heavy atom. The number of rotatable bonds is 5. The fourth-order valence-corrected chi connectivity index (χ4v) is 2.23. The number of carbonyl (C=O) groups is 1. The summed E-state index contributed by atoms with van der Waals surface area (Å²) >= 11 is 0. The highest BCUT2D eigenvalue weighted by Crippen LogP contribution is 2.41. The third kappa shape index (κ3) is 2.44. The van der Waals surface area contributed by atoms with Crippen molar-refractivity contribution in [1.82, 2.24) is 9.97 Å². The Balaban J connectivity index is 2.06. The zero-order valence-electron chi connectivity index (χ0n) is 10.9. The van der Waals surface area contributed by atoms with E-state index < -0.39 is 11.4 Å². The van der Waals surface area contributed by atoms with E-state index >= 15 is 0 Å². The van der Waals surface area contributed by atoms with Gasteiger partial charge in [0.25, 0.3) is 0 Å². The number of anilines is 1. The maximum absolute atomic E-state index is 11.2. The average Bonchev–Trinajstić information content (AvgIpc) is 2.26. The van der Waals surface area contributed by atoms with Crippen molar-refractivity contribution >= 4 is 11.8 Å². The SMILES string of the molecule is CCc1cc(NCC2(C(=O)O)CCC2)nc(C)n1. The molecule has 0 saturated heterocycles. The molecule has 1 aliphatic rings. The Bertz CT molecular complexity index is 456. The van der Waals surface area contributed by atoms with Crippen LogP contribution in [-0.2, 0) is 11.2 Å². The van der Waals surface area contributed by atoms with Crippen molar-refractivity contribution in [2.45, 2.75) is 39.5 Å². The van der Waals surface area contributed by atoms with Gasteiger partial charge in [-0.2, -0.15) is 0 Å². The summed E-state index contributed by atoms with van der Waals surface area (Å²) < 4.78 is 0. The van der Waals surface area contributed by atoms with E-state index in [4.69, 9.17) is 0 Å². The second-order valence-electron chi connectivity index (χ2n) is 4.94. The monoisotopic (exact) mass is 249 g/mol. The van der Waals surface area contributed by atoms with Crippen LogP contribution in [0, 0.1) is 12.3 Å². The van der Waals surface area contributed by atoms with Crippen LogP contribution in [0.5, 0.6) is 0 Å². The van der Waals surface area contributed by atoms with Gasteiger partial charge in [-0.15, -0.1) is 0 Å². The fraction of sp³-hybridized carbons (Fsp3) is 0.615. The first kappa shape index (κ1) is 12.8. The first-order valence-electron chi connectivity index (χ1n) is 6.37. The Labute approximate surface area is 107 Å². The molecule has 98 valence electrons. The number of hydrogen-bond acceptors (Lipinski definition) is 4. The first-order chi connectivity index (χ1) is 8.55. The Morgan fingerprint density at radius 3 is 2.72 bits per heavy atom. The van der Waals surface area contributed by atoms with Crippen LogP contribution < -0.4 is 5.32 Å². The van der Waals surface area contributed by atoms with Gasteiger partial charge in [0.15, 0.2) is 0 Å². The quantitative estimate of drug-likeness (QED) is 0.835. The summed E-state index contributed by atoms with van der Waals surface area (Å²) in [5.41, 5.74) is 0.383. The van der Waals surface area contributed by atoms with Crippen LogP contribution >= 0.6 is 0 Å². The van der Waals surface area contributed by atoms with Gasteiger partial charge < -0.3 is 10.4 Å². The number of nitrogens with zero attached hydrogens (tertiary/aromatic N) is 2. The summed E-state index contributed by atoms with van der Waals surface area (Å²) in [5, 5.41) is 12.4. The second kappa shape index (κ2) is 4.92. The van der Waals surface area contributed by atoms with E-state index in [2.05, 4.69) is 15.3 Å². The molecular formula is C13H19N3O2. The van der Waals surface area contributed by atoms with Crippen LogP contribution in [-0.4, -0.2) is 27.6 Å². The fourth-order valence-electron chi connectivity index (χ4n) is 2.23. The smallest absolute Gasteiger partial charge is 0.311 e. The third-order valence-electron chi connectivity index (χ3n) is 3.63. The minimum atomic E-state index is -0.706. The molecule has 1 fully saturated rings. The lowest BCUT2D eigenvalue weighted by Gasteiger charge is -2.37. The minimum Gasteiger partial charge on any atom is -0.481 e. The minimum absolute atomic E-state index is 0.446. The predicted octanol–water partition coefficient (Wildman–Crippen LogP) is 2.01. The Morgan fingerprint density at radius 2 is 2.22 bits per heavy atom. The molecule has 0 aromatic carbocycles. The van der Waals surface area contributed by atoms with E-state index in [1.807, 2.05) is 19.9 Å². The summed E-state index contributed by atoms with van der Waals surface area (Å²) in [6.45, 7) is 4.33. The molecule has 5 heteroatoms. The Hall–Kier alpha value is -1.65. The molecule has 0 aliphatic heterocycles. The van der Waals surface area contributed by atoms with Crippen molar-refractivity contribution in [2.75, 3.05) is 11.9 Å². The topological polar surface area (TPSA) is 75.1 Å². The van der Waals surface area contributed by atoms with Crippen molar-refractivity contribution in [2.24, 2.45) is 5.41 Å². The molecule has 2 N–H and O–H groups in total. The van der Waals surface area contributed by atoms with E-state index in [1.54, 1.807) is 0 Å². The van der Waals surface area contributed by atoms with Gasteiger partial charge >= 0.3 is 5.97 Å². The van der Waals surface area contributed by atoms with Gasteiger partial charge in [0.2, 0.25) is 0 Å².